The number of hydrogen-bond acceptors (Lipinski definition) is 4. The topological polar surface area (TPSA) is 109 Å². The van der Waals surface area contributed by atoms with E-state index in [1.807, 2.05) is 0 Å². The van der Waals surface area contributed by atoms with Gasteiger partial charge in [0.1, 0.15) is 0 Å². The minimum absolute atomic E-state index is 0.0683. The summed E-state index contributed by atoms with van der Waals surface area (Å²) in [6.45, 7) is 0. The number of aliphatic carboxylic acids is 2. The van der Waals surface area contributed by atoms with E-state index in [-0.39, 0.29) is 33.4 Å². The quantitative estimate of drug-likeness (QED) is 0.702. The molecule has 0 heterocycles. The Morgan fingerprint density at radius 3 is 1.42 bits per heavy atom. The number of benzene rings is 2. The fraction of sp³-hybridized carbons (Fsp3) is 0. The van der Waals surface area contributed by atoms with Crippen molar-refractivity contribution in [1.82, 2.24) is 0 Å². The molecular weight excluding hydrogens is 336 g/mol. The minimum atomic E-state index is -1.19. The van der Waals surface area contributed by atoms with Crippen LogP contribution in [0.3, 0.4) is 0 Å². The molecule has 0 saturated heterocycles. The summed E-state index contributed by atoms with van der Waals surface area (Å²) in [5, 5.41) is 17.7. The van der Waals surface area contributed by atoms with Crippen LogP contribution in [0.4, 0.5) is 0 Å². The summed E-state index contributed by atoms with van der Waals surface area (Å²) in [5.74, 6) is -3.20. The normalized spacial score (nSPS) is 13.1. The Balaban J connectivity index is 2.30. The first-order chi connectivity index (χ1) is 12.4. The molecule has 0 aromatic heterocycles. The number of rotatable bonds is 4. The van der Waals surface area contributed by atoms with Crippen molar-refractivity contribution in [3.05, 3.63) is 81.9 Å². The van der Waals surface area contributed by atoms with Crippen LogP contribution in [-0.2, 0) is 9.59 Å². The van der Waals surface area contributed by atoms with Crippen LogP contribution in [-0.4, -0.2) is 33.7 Å². The van der Waals surface area contributed by atoms with Gasteiger partial charge >= 0.3 is 11.9 Å². The third-order valence-electron chi connectivity index (χ3n) is 3.95. The van der Waals surface area contributed by atoms with Gasteiger partial charge in [0.05, 0.1) is 0 Å². The van der Waals surface area contributed by atoms with Crippen LogP contribution >= 0.6 is 0 Å². The van der Waals surface area contributed by atoms with Crippen molar-refractivity contribution < 1.29 is 29.4 Å². The number of carboxylic acids is 2. The van der Waals surface area contributed by atoms with Gasteiger partial charge in [-0.1, -0.05) is 36.4 Å². The van der Waals surface area contributed by atoms with Gasteiger partial charge < -0.3 is 10.2 Å². The fourth-order valence-electron chi connectivity index (χ4n) is 2.87. The monoisotopic (exact) mass is 348 g/mol. The van der Waals surface area contributed by atoms with Gasteiger partial charge in [0.15, 0.2) is 11.6 Å². The first-order valence-electron chi connectivity index (χ1n) is 7.57. The molecule has 128 valence electrons. The number of hydrogen-bond donors (Lipinski definition) is 2. The van der Waals surface area contributed by atoms with E-state index in [4.69, 9.17) is 10.2 Å². The minimum Gasteiger partial charge on any atom is -0.478 e. The molecule has 6 nitrogen and oxygen atoms in total. The van der Waals surface area contributed by atoms with Crippen LogP contribution in [0.25, 0.3) is 12.2 Å². The maximum absolute atomic E-state index is 12.9. The summed E-state index contributed by atoms with van der Waals surface area (Å²) in [7, 11) is 0. The zero-order chi connectivity index (χ0) is 18.8. The highest BCUT2D eigenvalue weighted by Gasteiger charge is 2.32. The van der Waals surface area contributed by atoms with E-state index in [9.17, 15) is 19.2 Å². The lowest BCUT2D eigenvalue weighted by molar-refractivity contribution is -0.132. The summed E-state index contributed by atoms with van der Waals surface area (Å²) in [5.41, 5.74) is 1.16. The van der Waals surface area contributed by atoms with E-state index in [2.05, 4.69) is 0 Å². The number of carbonyl (C=O) groups is 4. The SMILES string of the molecule is O=C(O)C=Cc1ccc(C=CC(=O)O)c2c1C(=O)c1ccccc1C2=O. The molecule has 2 N–H and O–H groups in total. The molecular formula is C20H12O6. The van der Waals surface area contributed by atoms with Gasteiger partial charge in [-0.2, -0.15) is 0 Å². The number of ketones is 2. The summed E-state index contributed by atoms with van der Waals surface area (Å²) in [6, 6.07) is 9.30. The van der Waals surface area contributed by atoms with E-state index in [0.717, 1.165) is 12.2 Å². The highest BCUT2D eigenvalue weighted by molar-refractivity contribution is 6.30. The van der Waals surface area contributed by atoms with Gasteiger partial charge in [0.2, 0.25) is 0 Å². The van der Waals surface area contributed by atoms with E-state index in [1.165, 1.54) is 36.4 Å². The molecule has 0 radical (unpaired) electrons. The van der Waals surface area contributed by atoms with Gasteiger partial charge in [0.25, 0.3) is 0 Å². The number of fused-ring (bicyclic) bond motifs is 2. The average Bonchev–Trinajstić information content (AvgIpc) is 2.62. The van der Waals surface area contributed by atoms with Gasteiger partial charge in [-0.15, -0.1) is 0 Å². The van der Waals surface area contributed by atoms with Gasteiger partial charge in [-0.05, 0) is 23.3 Å². The third kappa shape index (κ3) is 2.95. The number of carbonyl (C=O) groups excluding carboxylic acids is 2. The first-order valence-corrected chi connectivity index (χ1v) is 7.57. The van der Waals surface area contributed by atoms with E-state index in [0.29, 0.717) is 0 Å². The largest absolute Gasteiger partial charge is 0.478 e. The maximum atomic E-state index is 12.9. The molecule has 26 heavy (non-hydrogen) atoms. The molecule has 2 aromatic carbocycles. The van der Waals surface area contributed by atoms with E-state index >= 15 is 0 Å². The molecule has 0 bridgehead atoms. The standard InChI is InChI=1S/C20H12O6/c21-15(22)9-7-11-5-6-12(8-10-16(23)24)18-17(11)19(25)13-3-1-2-4-14(13)20(18)26/h1-10H,(H,21,22)(H,23,24). The molecule has 0 atom stereocenters. The predicted molar refractivity (Wildman–Crippen MR) is 93.1 cm³/mol. The fourth-order valence-corrected chi connectivity index (χ4v) is 2.87. The Labute approximate surface area is 147 Å². The van der Waals surface area contributed by atoms with E-state index < -0.39 is 23.5 Å². The molecule has 1 aliphatic carbocycles. The molecule has 1 aliphatic rings. The number of carboxylic acid groups (broad SMARTS) is 2. The molecule has 3 rings (SSSR count). The van der Waals surface area contributed by atoms with Crippen molar-refractivity contribution in [3.8, 4) is 0 Å². The van der Waals surface area contributed by atoms with Crippen LogP contribution in [0.2, 0.25) is 0 Å². The Morgan fingerprint density at radius 2 is 1.08 bits per heavy atom. The van der Waals surface area contributed by atoms with Crippen LogP contribution < -0.4 is 0 Å². The second kappa shape index (κ2) is 6.60. The summed E-state index contributed by atoms with van der Waals surface area (Å²) in [4.78, 5) is 47.5. The van der Waals surface area contributed by atoms with Crippen molar-refractivity contribution in [2.75, 3.05) is 0 Å². The molecule has 0 fully saturated rings. The molecule has 0 saturated carbocycles. The third-order valence-corrected chi connectivity index (χ3v) is 3.95. The Kier molecular flexibility index (Phi) is 4.33. The van der Waals surface area contributed by atoms with Crippen LogP contribution in [0.5, 0.6) is 0 Å². The Hall–Kier alpha value is -3.80. The lowest BCUT2D eigenvalue weighted by Gasteiger charge is -2.21. The lowest BCUT2D eigenvalue weighted by atomic mass is 9.79. The molecule has 2 aromatic rings. The van der Waals surface area contributed by atoms with Crippen LogP contribution in [0.15, 0.2) is 48.6 Å². The second-order valence-electron chi connectivity index (χ2n) is 5.54. The maximum Gasteiger partial charge on any atom is 0.328 e. The van der Waals surface area contributed by atoms with Crippen molar-refractivity contribution in [2.45, 2.75) is 0 Å². The van der Waals surface area contributed by atoms with Gasteiger partial charge in [0, 0.05) is 34.4 Å². The van der Waals surface area contributed by atoms with Crippen molar-refractivity contribution in [3.63, 3.8) is 0 Å². The Morgan fingerprint density at radius 1 is 0.692 bits per heavy atom. The van der Waals surface area contributed by atoms with Gasteiger partial charge in [-0.25, -0.2) is 9.59 Å². The van der Waals surface area contributed by atoms with Crippen LogP contribution in [0.1, 0.15) is 43.0 Å². The zero-order valence-corrected chi connectivity index (χ0v) is 13.3. The smallest absolute Gasteiger partial charge is 0.328 e. The summed E-state index contributed by atoms with van der Waals surface area (Å²) in [6.07, 6.45) is 4.23. The van der Waals surface area contributed by atoms with Crippen molar-refractivity contribution in [1.29, 1.82) is 0 Å². The molecule has 0 spiro atoms. The predicted octanol–water partition coefficient (Wildman–Crippen LogP) is 2.66. The van der Waals surface area contributed by atoms with Crippen molar-refractivity contribution >= 4 is 35.7 Å². The summed E-state index contributed by atoms with van der Waals surface area (Å²) < 4.78 is 0. The van der Waals surface area contributed by atoms with E-state index in [1.54, 1.807) is 12.1 Å². The molecule has 0 unspecified atom stereocenters. The zero-order valence-electron chi connectivity index (χ0n) is 13.3. The highest BCUT2D eigenvalue weighted by atomic mass is 16.4. The van der Waals surface area contributed by atoms with Crippen molar-refractivity contribution in [2.24, 2.45) is 0 Å². The molecule has 0 aliphatic heterocycles. The second-order valence-corrected chi connectivity index (χ2v) is 5.54. The molecule has 6 heteroatoms. The van der Waals surface area contributed by atoms with Crippen LogP contribution in [0, 0.1) is 0 Å². The lowest BCUT2D eigenvalue weighted by Crippen LogP contribution is -2.23. The summed E-state index contributed by atoms with van der Waals surface area (Å²) >= 11 is 0. The van der Waals surface area contributed by atoms with Gasteiger partial charge in [-0.3, -0.25) is 9.59 Å². The average molecular weight is 348 g/mol. The highest BCUT2D eigenvalue weighted by Crippen LogP contribution is 2.33. The molecule has 0 amide bonds. The first kappa shape index (κ1) is 17.0. The Bertz CT molecular complexity index is 945.